The van der Waals surface area contributed by atoms with Gasteiger partial charge in [0, 0.05) is 7.05 Å². The van der Waals surface area contributed by atoms with E-state index < -0.39 is 0 Å². The Morgan fingerprint density at radius 1 is 1.30 bits per heavy atom. The number of aryl methyl sites for hydroxylation is 3. The van der Waals surface area contributed by atoms with Crippen LogP contribution in [0.1, 0.15) is 35.5 Å². The molecule has 0 N–H and O–H groups in total. The summed E-state index contributed by atoms with van der Waals surface area (Å²) in [6, 6.07) is 0. The van der Waals surface area contributed by atoms with E-state index in [2.05, 4.69) is 20.2 Å². The molecule has 1 atom stereocenters. The van der Waals surface area contributed by atoms with E-state index >= 15 is 0 Å². The minimum Gasteiger partial charge on any atom is -0.337 e. The fourth-order valence-electron chi connectivity index (χ4n) is 2.35. The first-order valence-corrected chi connectivity index (χ1v) is 6.74. The van der Waals surface area contributed by atoms with E-state index in [0.717, 1.165) is 22.7 Å². The van der Waals surface area contributed by atoms with Gasteiger partial charge >= 0.3 is 0 Å². The van der Waals surface area contributed by atoms with Gasteiger partial charge in [-0.1, -0.05) is 5.16 Å². The minimum absolute atomic E-state index is 0.217. The zero-order chi connectivity index (χ0) is 14.4. The Morgan fingerprint density at radius 2 is 2.05 bits per heavy atom. The summed E-state index contributed by atoms with van der Waals surface area (Å²) in [5.74, 6) is 1.91. The predicted octanol–water partition coefficient (Wildman–Crippen LogP) is 2.12. The van der Waals surface area contributed by atoms with Crippen LogP contribution in [0, 0.1) is 13.8 Å². The molecule has 1 unspecified atom stereocenters. The van der Waals surface area contributed by atoms with Gasteiger partial charge < -0.3 is 9.09 Å². The molecule has 0 saturated carbocycles. The monoisotopic (exact) mass is 294 g/mol. The summed E-state index contributed by atoms with van der Waals surface area (Å²) in [6.07, 6.45) is 0. The van der Waals surface area contributed by atoms with Crippen molar-refractivity contribution in [2.45, 2.75) is 32.7 Å². The number of alkyl halides is 1. The van der Waals surface area contributed by atoms with Crippen LogP contribution in [0.3, 0.4) is 0 Å². The number of hydrogen-bond acceptors (Lipinski definition) is 5. The van der Waals surface area contributed by atoms with Crippen molar-refractivity contribution in [1.29, 1.82) is 0 Å². The van der Waals surface area contributed by atoms with Gasteiger partial charge in [0.15, 0.2) is 11.5 Å². The van der Waals surface area contributed by atoms with E-state index in [9.17, 15) is 0 Å². The average Bonchev–Trinajstić information content (AvgIpc) is 3.00. The fourth-order valence-corrected chi connectivity index (χ4v) is 2.52. The van der Waals surface area contributed by atoms with Crippen LogP contribution in [0.25, 0.3) is 11.2 Å². The third-order valence-corrected chi connectivity index (χ3v) is 3.33. The Kier molecular flexibility index (Phi) is 3.01. The molecule has 0 amide bonds. The third kappa shape index (κ3) is 1.98. The van der Waals surface area contributed by atoms with Crippen molar-refractivity contribution in [1.82, 2.24) is 29.5 Å². The Morgan fingerprint density at radius 3 is 2.65 bits per heavy atom. The van der Waals surface area contributed by atoms with Crippen LogP contribution in [0.2, 0.25) is 0 Å². The van der Waals surface area contributed by atoms with Crippen LogP contribution in [0.15, 0.2) is 4.52 Å². The van der Waals surface area contributed by atoms with Crippen LogP contribution in [0.4, 0.5) is 0 Å². The van der Waals surface area contributed by atoms with Gasteiger partial charge in [-0.2, -0.15) is 10.1 Å². The minimum atomic E-state index is -0.217. The standard InChI is InChI=1S/C12H15ClN6O/c1-6(13)11-15-10-7(2)16-18(4)12(10)19(11)5-9-14-8(3)17-20-9/h6H,5H2,1-4H3. The highest BCUT2D eigenvalue weighted by Crippen LogP contribution is 2.26. The lowest BCUT2D eigenvalue weighted by atomic mass is 10.4. The van der Waals surface area contributed by atoms with Gasteiger partial charge in [-0.15, -0.1) is 11.6 Å². The fraction of sp³-hybridized carbons (Fsp3) is 0.500. The normalized spacial score (nSPS) is 13.2. The van der Waals surface area contributed by atoms with E-state index in [1.807, 2.05) is 25.5 Å². The van der Waals surface area contributed by atoms with Gasteiger partial charge in [0.2, 0.25) is 5.89 Å². The molecule has 0 spiro atoms. The van der Waals surface area contributed by atoms with E-state index in [-0.39, 0.29) is 5.38 Å². The Balaban J connectivity index is 2.18. The summed E-state index contributed by atoms with van der Waals surface area (Å²) in [5, 5.41) is 7.97. The van der Waals surface area contributed by atoms with Crippen LogP contribution in [-0.2, 0) is 13.6 Å². The highest BCUT2D eigenvalue weighted by molar-refractivity contribution is 6.20. The predicted molar refractivity (Wildman–Crippen MR) is 73.6 cm³/mol. The van der Waals surface area contributed by atoms with Crippen molar-refractivity contribution >= 4 is 22.8 Å². The first-order valence-electron chi connectivity index (χ1n) is 6.30. The molecule has 0 fully saturated rings. The molecule has 20 heavy (non-hydrogen) atoms. The summed E-state index contributed by atoms with van der Waals surface area (Å²) in [4.78, 5) is 8.82. The van der Waals surface area contributed by atoms with Gasteiger partial charge in [0.25, 0.3) is 0 Å². The first-order chi connectivity index (χ1) is 9.47. The summed E-state index contributed by atoms with van der Waals surface area (Å²) < 4.78 is 8.95. The molecule has 8 heteroatoms. The number of nitrogens with zero attached hydrogens (tertiary/aromatic N) is 6. The molecule has 3 rings (SSSR count). The number of fused-ring (bicyclic) bond motifs is 1. The van der Waals surface area contributed by atoms with Crippen LogP contribution >= 0.6 is 11.6 Å². The van der Waals surface area contributed by atoms with Crippen molar-refractivity contribution in [3.05, 3.63) is 23.2 Å². The number of halogens is 1. The van der Waals surface area contributed by atoms with Gasteiger partial charge in [-0.05, 0) is 20.8 Å². The van der Waals surface area contributed by atoms with Crippen molar-refractivity contribution in [3.8, 4) is 0 Å². The second-order valence-corrected chi connectivity index (χ2v) is 5.44. The highest BCUT2D eigenvalue weighted by Gasteiger charge is 2.21. The largest absolute Gasteiger partial charge is 0.337 e. The van der Waals surface area contributed by atoms with Gasteiger partial charge in [-0.3, -0.25) is 4.68 Å². The molecule has 0 saturated heterocycles. The van der Waals surface area contributed by atoms with Crippen molar-refractivity contribution < 1.29 is 4.52 Å². The second-order valence-electron chi connectivity index (χ2n) is 4.79. The maximum Gasteiger partial charge on any atom is 0.246 e. The number of aromatic nitrogens is 6. The molecule has 0 aliphatic carbocycles. The van der Waals surface area contributed by atoms with Gasteiger partial charge in [0.05, 0.1) is 11.1 Å². The number of imidazole rings is 1. The van der Waals surface area contributed by atoms with Gasteiger partial charge in [-0.25, -0.2) is 4.98 Å². The lowest BCUT2D eigenvalue weighted by Crippen LogP contribution is -2.09. The zero-order valence-corrected chi connectivity index (χ0v) is 12.5. The number of rotatable bonds is 3. The molecule has 0 aromatic carbocycles. The Hall–Kier alpha value is -1.89. The molecule has 0 bridgehead atoms. The van der Waals surface area contributed by atoms with Crippen LogP contribution < -0.4 is 0 Å². The maximum absolute atomic E-state index is 6.23. The zero-order valence-electron chi connectivity index (χ0n) is 11.8. The molecule has 3 heterocycles. The average molecular weight is 295 g/mol. The van der Waals surface area contributed by atoms with Gasteiger partial charge in [0.1, 0.15) is 17.9 Å². The molecular weight excluding hydrogens is 280 g/mol. The van der Waals surface area contributed by atoms with Crippen molar-refractivity contribution in [2.75, 3.05) is 0 Å². The smallest absolute Gasteiger partial charge is 0.246 e. The third-order valence-electron chi connectivity index (χ3n) is 3.14. The summed E-state index contributed by atoms with van der Waals surface area (Å²) >= 11 is 6.23. The molecule has 3 aromatic heterocycles. The molecule has 3 aromatic rings. The van der Waals surface area contributed by atoms with Crippen LogP contribution in [0.5, 0.6) is 0 Å². The van der Waals surface area contributed by atoms with E-state index in [1.165, 1.54) is 0 Å². The molecule has 0 radical (unpaired) electrons. The molecular formula is C12H15ClN6O. The summed E-state index contributed by atoms with van der Waals surface area (Å²) in [7, 11) is 1.88. The van der Waals surface area contributed by atoms with Crippen molar-refractivity contribution in [3.63, 3.8) is 0 Å². The SMILES string of the molecule is Cc1noc(Cn2c(C(C)Cl)nc3c(C)nn(C)c32)n1. The highest BCUT2D eigenvalue weighted by atomic mass is 35.5. The lowest BCUT2D eigenvalue weighted by Gasteiger charge is -2.08. The van der Waals surface area contributed by atoms with E-state index in [4.69, 9.17) is 16.1 Å². The van der Waals surface area contributed by atoms with E-state index in [0.29, 0.717) is 18.3 Å². The Labute approximate surface area is 120 Å². The molecule has 0 aliphatic heterocycles. The lowest BCUT2D eigenvalue weighted by molar-refractivity contribution is 0.367. The number of hydrogen-bond donors (Lipinski definition) is 0. The summed E-state index contributed by atoms with van der Waals surface area (Å²) in [5.41, 5.74) is 2.63. The quantitative estimate of drug-likeness (QED) is 0.692. The first kappa shape index (κ1) is 13.1. The molecule has 0 aliphatic rings. The Bertz CT molecular complexity index is 768. The topological polar surface area (TPSA) is 74.6 Å². The van der Waals surface area contributed by atoms with Crippen molar-refractivity contribution in [2.24, 2.45) is 7.05 Å². The maximum atomic E-state index is 6.23. The molecule has 7 nitrogen and oxygen atoms in total. The van der Waals surface area contributed by atoms with Crippen LogP contribution in [-0.4, -0.2) is 29.5 Å². The van der Waals surface area contributed by atoms with E-state index in [1.54, 1.807) is 11.6 Å². The second kappa shape index (κ2) is 4.59. The molecule has 106 valence electrons. The summed E-state index contributed by atoms with van der Waals surface area (Å²) in [6.45, 7) is 6.04.